The summed E-state index contributed by atoms with van der Waals surface area (Å²) in [5.74, 6) is 0.718. The lowest BCUT2D eigenvalue weighted by atomic mass is 10.2. The fraction of sp³-hybridized carbons (Fsp3) is 0.556. The van der Waals surface area contributed by atoms with Crippen molar-refractivity contribution in [3.8, 4) is 0 Å². The summed E-state index contributed by atoms with van der Waals surface area (Å²) >= 11 is 0. The number of rotatable bonds is 3. The molecule has 1 aliphatic rings. The molecule has 2 N–H and O–H groups in total. The topological polar surface area (TPSA) is 67.2 Å². The molecule has 14 heavy (non-hydrogen) atoms. The second-order valence-electron chi connectivity index (χ2n) is 3.35. The van der Waals surface area contributed by atoms with Crippen molar-refractivity contribution in [2.24, 2.45) is 0 Å². The zero-order valence-electron chi connectivity index (χ0n) is 7.82. The van der Waals surface area contributed by atoms with Gasteiger partial charge in [-0.15, -0.1) is 0 Å². The second-order valence-corrected chi connectivity index (χ2v) is 3.35. The maximum atomic E-state index is 11.5. The van der Waals surface area contributed by atoms with Gasteiger partial charge in [0, 0.05) is 6.07 Å². The quantitative estimate of drug-likeness (QED) is 0.714. The monoisotopic (exact) mass is 195 g/mol. The van der Waals surface area contributed by atoms with E-state index >= 15 is 0 Å². The zero-order chi connectivity index (χ0) is 9.80. The van der Waals surface area contributed by atoms with Gasteiger partial charge in [0.05, 0.1) is 18.8 Å². The number of carbonyl (C=O) groups excluding carboxylic acids is 1. The average molecular weight is 195 g/mol. The molecular weight excluding hydrogens is 182 g/mol. The Labute approximate surface area is 81.8 Å². The van der Waals surface area contributed by atoms with Crippen LogP contribution in [0, 0.1) is 0 Å². The normalized spacial score (nSPS) is 21.0. The molecule has 1 fully saturated rings. The lowest BCUT2D eigenvalue weighted by molar-refractivity contribution is -0.123. The lowest BCUT2D eigenvalue weighted by Crippen LogP contribution is -2.39. The van der Waals surface area contributed by atoms with Crippen molar-refractivity contribution in [2.75, 3.05) is 6.54 Å². The SMILES string of the molecule is O=C(NCc1ccno1)[C@@H]1CCCN1. The molecule has 0 spiro atoms. The zero-order valence-corrected chi connectivity index (χ0v) is 7.82. The first-order chi connectivity index (χ1) is 6.86. The minimum absolute atomic E-state index is 0.0297. The van der Waals surface area contributed by atoms with E-state index in [4.69, 9.17) is 4.52 Å². The van der Waals surface area contributed by atoms with Crippen LogP contribution < -0.4 is 10.6 Å². The lowest BCUT2D eigenvalue weighted by Gasteiger charge is -2.09. The van der Waals surface area contributed by atoms with Gasteiger partial charge in [-0.25, -0.2) is 0 Å². The van der Waals surface area contributed by atoms with Crippen molar-refractivity contribution in [1.82, 2.24) is 15.8 Å². The van der Waals surface area contributed by atoms with Crippen molar-refractivity contribution in [3.63, 3.8) is 0 Å². The molecule has 0 aliphatic carbocycles. The Morgan fingerprint density at radius 2 is 2.71 bits per heavy atom. The van der Waals surface area contributed by atoms with Gasteiger partial charge in [0.1, 0.15) is 0 Å². The molecule has 2 heterocycles. The van der Waals surface area contributed by atoms with Gasteiger partial charge in [0.15, 0.2) is 5.76 Å². The molecule has 1 aliphatic heterocycles. The second kappa shape index (κ2) is 4.23. The molecule has 5 nitrogen and oxygen atoms in total. The number of carbonyl (C=O) groups is 1. The summed E-state index contributed by atoms with van der Waals surface area (Å²) in [6, 6.07) is 1.71. The van der Waals surface area contributed by atoms with Gasteiger partial charge < -0.3 is 15.2 Å². The highest BCUT2D eigenvalue weighted by atomic mass is 16.5. The third kappa shape index (κ3) is 2.11. The predicted octanol–water partition coefficient (Wildman–Crippen LogP) is 0.0428. The standard InChI is InChI=1S/C9H13N3O2/c13-9(8-2-1-4-10-8)11-6-7-3-5-12-14-7/h3,5,8,10H,1-2,4,6H2,(H,11,13)/t8-/m0/s1. The summed E-state index contributed by atoms with van der Waals surface area (Å²) in [4.78, 5) is 11.5. The number of hydrogen-bond acceptors (Lipinski definition) is 4. The summed E-state index contributed by atoms with van der Waals surface area (Å²) in [7, 11) is 0. The Kier molecular flexibility index (Phi) is 2.78. The van der Waals surface area contributed by atoms with Crippen molar-refractivity contribution in [1.29, 1.82) is 0 Å². The minimum Gasteiger partial charge on any atom is -0.360 e. The average Bonchev–Trinajstić information content (AvgIpc) is 2.87. The van der Waals surface area contributed by atoms with Gasteiger partial charge in [0.25, 0.3) is 0 Å². The fourth-order valence-electron chi connectivity index (χ4n) is 1.54. The van der Waals surface area contributed by atoms with Gasteiger partial charge in [0.2, 0.25) is 5.91 Å². The van der Waals surface area contributed by atoms with Gasteiger partial charge in [-0.05, 0) is 19.4 Å². The Morgan fingerprint density at radius 3 is 3.36 bits per heavy atom. The number of aromatic nitrogens is 1. The predicted molar refractivity (Wildman–Crippen MR) is 49.4 cm³/mol. The maximum absolute atomic E-state index is 11.5. The van der Waals surface area contributed by atoms with Crippen LogP contribution in [0.4, 0.5) is 0 Å². The van der Waals surface area contributed by atoms with E-state index in [0.29, 0.717) is 12.3 Å². The molecule has 0 saturated carbocycles. The summed E-state index contributed by atoms with van der Waals surface area (Å²) in [6.45, 7) is 1.34. The van der Waals surface area contributed by atoms with Crippen LogP contribution >= 0.6 is 0 Å². The smallest absolute Gasteiger partial charge is 0.237 e. The molecule has 1 atom stereocenters. The third-order valence-electron chi connectivity index (χ3n) is 2.30. The molecule has 1 aromatic rings. The van der Waals surface area contributed by atoms with E-state index in [-0.39, 0.29) is 11.9 Å². The van der Waals surface area contributed by atoms with Crippen LogP contribution in [0.15, 0.2) is 16.8 Å². The van der Waals surface area contributed by atoms with E-state index in [1.165, 1.54) is 0 Å². The van der Waals surface area contributed by atoms with Crippen LogP contribution in [0.5, 0.6) is 0 Å². The highest BCUT2D eigenvalue weighted by Gasteiger charge is 2.21. The Bertz CT molecular complexity index is 291. The van der Waals surface area contributed by atoms with Crippen LogP contribution in [-0.2, 0) is 11.3 Å². The van der Waals surface area contributed by atoms with Crippen LogP contribution in [0.2, 0.25) is 0 Å². The molecule has 1 saturated heterocycles. The molecule has 0 aromatic carbocycles. The summed E-state index contributed by atoms with van der Waals surface area (Å²) in [6.07, 6.45) is 3.55. The Balaban J connectivity index is 1.77. The van der Waals surface area contributed by atoms with Crippen LogP contribution in [0.25, 0.3) is 0 Å². The van der Waals surface area contributed by atoms with Gasteiger partial charge in [-0.3, -0.25) is 4.79 Å². The highest BCUT2D eigenvalue weighted by Crippen LogP contribution is 2.05. The molecular formula is C9H13N3O2. The van der Waals surface area contributed by atoms with Gasteiger partial charge >= 0.3 is 0 Å². The number of nitrogens with zero attached hydrogens (tertiary/aromatic N) is 1. The maximum Gasteiger partial charge on any atom is 0.237 e. The molecule has 1 amide bonds. The minimum atomic E-state index is -0.0297. The molecule has 2 rings (SSSR count). The van der Waals surface area contributed by atoms with E-state index < -0.39 is 0 Å². The Hall–Kier alpha value is -1.36. The first-order valence-electron chi connectivity index (χ1n) is 4.77. The van der Waals surface area contributed by atoms with E-state index in [9.17, 15) is 4.79 Å². The Morgan fingerprint density at radius 1 is 1.79 bits per heavy atom. The fourth-order valence-corrected chi connectivity index (χ4v) is 1.54. The summed E-state index contributed by atoms with van der Waals surface area (Å²) in [5.41, 5.74) is 0. The number of nitrogens with one attached hydrogen (secondary N) is 2. The van der Waals surface area contributed by atoms with Crippen molar-refractivity contribution < 1.29 is 9.32 Å². The van der Waals surface area contributed by atoms with Crippen molar-refractivity contribution in [2.45, 2.75) is 25.4 Å². The van der Waals surface area contributed by atoms with Gasteiger partial charge in [-0.1, -0.05) is 5.16 Å². The van der Waals surface area contributed by atoms with Crippen molar-refractivity contribution in [3.05, 3.63) is 18.0 Å². The molecule has 0 bridgehead atoms. The van der Waals surface area contributed by atoms with Crippen LogP contribution in [0.1, 0.15) is 18.6 Å². The molecule has 5 heteroatoms. The first kappa shape index (κ1) is 9.21. The highest BCUT2D eigenvalue weighted by molar-refractivity contribution is 5.81. The third-order valence-corrected chi connectivity index (χ3v) is 2.30. The molecule has 76 valence electrons. The molecule has 0 radical (unpaired) electrons. The summed E-state index contributed by atoms with van der Waals surface area (Å²) < 4.78 is 4.86. The number of hydrogen-bond donors (Lipinski definition) is 2. The molecule has 1 aromatic heterocycles. The van der Waals surface area contributed by atoms with E-state index in [1.807, 2.05) is 0 Å². The van der Waals surface area contributed by atoms with Crippen LogP contribution in [0.3, 0.4) is 0 Å². The largest absolute Gasteiger partial charge is 0.360 e. The van der Waals surface area contributed by atoms with Gasteiger partial charge in [-0.2, -0.15) is 0 Å². The van der Waals surface area contributed by atoms with E-state index in [1.54, 1.807) is 12.3 Å². The number of amides is 1. The van der Waals surface area contributed by atoms with Crippen LogP contribution in [-0.4, -0.2) is 23.7 Å². The first-order valence-corrected chi connectivity index (χ1v) is 4.77. The molecule has 0 unspecified atom stereocenters. The summed E-state index contributed by atoms with van der Waals surface area (Å²) in [5, 5.41) is 9.48. The van der Waals surface area contributed by atoms with E-state index in [2.05, 4.69) is 15.8 Å². The van der Waals surface area contributed by atoms with Crippen molar-refractivity contribution >= 4 is 5.91 Å². The van der Waals surface area contributed by atoms with E-state index in [0.717, 1.165) is 19.4 Å².